The molecule has 4 rings (SSSR count). The fourth-order valence-electron chi connectivity index (χ4n) is 7.09. The molecule has 4 heterocycles. The Morgan fingerprint density at radius 2 is 1.50 bits per heavy atom. The lowest BCUT2D eigenvalue weighted by Crippen LogP contribution is -2.69. The second kappa shape index (κ2) is 15.7. The number of nitrogens with one attached hydrogen (secondary N) is 3. The Labute approximate surface area is 288 Å². The van der Waals surface area contributed by atoms with Gasteiger partial charge in [-0.05, 0) is 55.8 Å². The van der Waals surface area contributed by atoms with Gasteiger partial charge in [0.05, 0.1) is 5.38 Å². The zero-order valence-electron chi connectivity index (χ0n) is 29.5. The molecule has 0 bridgehead atoms. The summed E-state index contributed by atoms with van der Waals surface area (Å²) in [6.45, 7) is 13.8. The van der Waals surface area contributed by atoms with Gasteiger partial charge >= 0.3 is 5.97 Å². The fourth-order valence-corrected chi connectivity index (χ4v) is 7.32. The molecule has 0 aromatic carbocycles. The first-order valence-electron chi connectivity index (χ1n) is 17.4. The van der Waals surface area contributed by atoms with Crippen molar-refractivity contribution in [3.63, 3.8) is 0 Å². The van der Waals surface area contributed by atoms with Crippen LogP contribution >= 0.6 is 11.6 Å². The maximum absolute atomic E-state index is 14.4. The summed E-state index contributed by atoms with van der Waals surface area (Å²) in [7, 11) is 1.57. The molecule has 4 aliphatic rings. The van der Waals surface area contributed by atoms with Crippen molar-refractivity contribution in [1.29, 1.82) is 0 Å². The number of hydrogen-bond acceptors (Lipinski definition) is 9. The van der Waals surface area contributed by atoms with Gasteiger partial charge < -0.3 is 19.9 Å². The summed E-state index contributed by atoms with van der Waals surface area (Å²) in [6, 6.07) is -4.93. The van der Waals surface area contributed by atoms with E-state index in [1.807, 2.05) is 20.8 Å². The number of carbonyl (C=O) groups is 6. The summed E-state index contributed by atoms with van der Waals surface area (Å²) in [4.78, 5) is 87.8. The van der Waals surface area contributed by atoms with Crippen LogP contribution in [-0.4, -0.2) is 124 Å². The van der Waals surface area contributed by atoms with E-state index < -0.39 is 83.1 Å². The van der Waals surface area contributed by atoms with Crippen LogP contribution in [-0.2, 0) is 33.5 Å². The van der Waals surface area contributed by atoms with E-state index in [2.05, 4.69) is 16.2 Å². The Balaban J connectivity index is 1.83. The molecule has 0 spiro atoms. The maximum atomic E-state index is 14.4. The van der Waals surface area contributed by atoms with E-state index in [0.717, 1.165) is 0 Å². The second-order valence-corrected chi connectivity index (χ2v) is 15.6. The molecule has 0 radical (unpaired) electrons. The van der Waals surface area contributed by atoms with Crippen LogP contribution in [0.2, 0.25) is 0 Å². The minimum Gasteiger partial charge on any atom is -0.450 e. The molecule has 48 heavy (non-hydrogen) atoms. The largest absolute Gasteiger partial charge is 0.450 e. The van der Waals surface area contributed by atoms with Crippen LogP contribution in [0.15, 0.2) is 0 Å². The number of esters is 1. The Hall–Kier alpha value is -2.97. The van der Waals surface area contributed by atoms with Crippen molar-refractivity contribution >= 4 is 47.1 Å². The van der Waals surface area contributed by atoms with Crippen LogP contribution in [0.25, 0.3) is 0 Å². The van der Waals surface area contributed by atoms with E-state index in [1.54, 1.807) is 34.7 Å². The summed E-state index contributed by atoms with van der Waals surface area (Å²) in [5.41, 5.74) is 6.04. The summed E-state index contributed by atoms with van der Waals surface area (Å²) in [6.07, 6.45) is 0.486. The van der Waals surface area contributed by atoms with E-state index in [9.17, 15) is 28.8 Å². The number of cyclic esters (lactones) is 1. The van der Waals surface area contributed by atoms with E-state index in [1.165, 1.54) is 19.8 Å². The predicted octanol–water partition coefficient (Wildman–Crippen LogP) is 1.03. The minimum atomic E-state index is -1.29. The highest BCUT2D eigenvalue weighted by atomic mass is 35.5. The quantitative estimate of drug-likeness (QED) is 0.288. The molecule has 14 nitrogen and oxygen atoms in total. The standard InChI is InChI=1S/C33H54ClN7O7/c1-17(2)12-24-30(44)39-16-20(7)13-23(39)28(42)37-26(18(3)4)33(47)48-27(19(5)6)32(46)41-25(14-21(34)15-36-41)31(45)40-22(10-9-11-35-40)29(43)38(24)8/h17-27,35-36H,9-16H2,1-8H3,(H,37,42)/t20-,21-,22+,23+,24-,25-,26-,27+/m1/s1. The molecule has 270 valence electrons. The number of nitrogens with zero attached hydrogens (tertiary/aromatic N) is 4. The van der Waals surface area contributed by atoms with Crippen LogP contribution in [0, 0.1) is 23.7 Å². The van der Waals surface area contributed by atoms with Gasteiger partial charge in [-0.3, -0.25) is 34.0 Å². The first-order valence-corrected chi connectivity index (χ1v) is 17.8. The molecule has 4 fully saturated rings. The van der Waals surface area contributed by atoms with Gasteiger partial charge in [0.1, 0.15) is 30.2 Å². The molecule has 0 aromatic rings. The molecule has 4 saturated heterocycles. The predicted molar refractivity (Wildman–Crippen MR) is 178 cm³/mol. The Kier molecular flexibility index (Phi) is 12.4. The van der Waals surface area contributed by atoms with Crippen LogP contribution in [0.5, 0.6) is 0 Å². The summed E-state index contributed by atoms with van der Waals surface area (Å²) < 4.78 is 5.86. The number of likely N-dealkylation sites (N-methyl/N-ethyl adjacent to an activating group) is 1. The van der Waals surface area contributed by atoms with Crippen molar-refractivity contribution in [1.82, 2.24) is 36.0 Å². The van der Waals surface area contributed by atoms with Gasteiger partial charge in [0.15, 0.2) is 6.10 Å². The first kappa shape index (κ1) is 37.8. The third-order valence-corrected chi connectivity index (χ3v) is 10.1. The van der Waals surface area contributed by atoms with Crippen LogP contribution in [0.1, 0.15) is 80.6 Å². The molecule has 5 amide bonds. The highest BCUT2D eigenvalue weighted by Gasteiger charge is 2.48. The first-order chi connectivity index (χ1) is 22.5. The number of hydrogen-bond donors (Lipinski definition) is 3. The average molecular weight is 696 g/mol. The van der Waals surface area contributed by atoms with Gasteiger partial charge in [-0.2, -0.15) is 0 Å². The number of hydrazine groups is 2. The number of fused-ring (bicyclic) bond motifs is 3. The van der Waals surface area contributed by atoms with Crippen LogP contribution in [0.4, 0.5) is 0 Å². The molecule has 0 aliphatic carbocycles. The monoisotopic (exact) mass is 695 g/mol. The van der Waals surface area contributed by atoms with Crippen LogP contribution in [0.3, 0.4) is 0 Å². The number of rotatable bonds is 4. The molecule has 4 aliphatic heterocycles. The molecule has 0 aromatic heterocycles. The van der Waals surface area contributed by atoms with Gasteiger partial charge in [0.25, 0.3) is 11.8 Å². The number of amides is 5. The lowest BCUT2D eigenvalue weighted by molar-refractivity contribution is -0.174. The van der Waals surface area contributed by atoms with Crippen molar-refractivity contribution in [3.8, 4) is 0 Å². The number of ether oxygens (including phenoxy) is 1. The number of carbonyl (C=O) groups excluding carboxylic acids is 6. The maximum Gasteiger partial charge on any atom is 0.329 e. The van der Waals surface area contributed by atoms with Gasteiger partial charge in [-0.25, -0.2) is 15.6 Å². The van der Waals surface area contributed by atoms with Crippen molar-refractivity contribution in [2.24, 2.45) is 23.7 Å². The Morgan fingerprint density at radius 1 is 0.833 bits per heavy atom. The van der Waals surface area contributed by atoms with Gasteiger partial charge in [0, 0.05) is 26.7 Å². The number of alkyl halides is 1. The molecule has 3 N–H and O–H groups in total. The summed E-state index contributed by atoms with van der Waals surface area (Å²) in [5, 5.41) is 4.79. The SMILES string of the molecule is CC(C)C[C@@H]1C(=O)N2C[C@H](C)C[C@H]2C(=O)N[C@H](C(C)C)C(=O)O[C@@H](C(C)C)C(=O)N2NC[C@H](Cl)C[C@@H]2C(=O)N2NCCC[C@H]2C(=O)N1C. The normalized spacial score (nSPS) is 33.4. The Bertz CT molecular complexity index is 1250. The third-order valence-electron chi connectivity index (χ3n) is 9.77. The highest BCUT2D eigenvalue weighted by molar-refractivity contribution is 6.21. The zero-order valence-corrected chi connectivity index (χ0v) is 30.3. The van der Waals surface area contributed by atoms with Crippen LogP contribution < -0.4 is 16.2 Å². The lowest BCUT2D eigenvalue weighted by Gasteiger charge is -2.44. The second-order valence-electron chi connectivity index (χ2n) is 15.0. The highest BCUT2D eigenvalue weighted by Crippen LogP contribution is 2.29. The molecular formula is C33H54ClN7O7. The van der Waals surface area contributed by atoms with E-state index in [-0.39, 0.29) is 30.7 Å². The fraction of sp³-hybridized carbons (Fsp3) is 0.818. The van der Waals surface area contributed by atoms with E-state index in [0.29, 0.717) is 38.8 Å². The summed E-state index contributed by atoms with van der Waals surface area (Å²) in [5.74, 6) is -4.07. The van der Waals surface area contributed by atoms with Crippen molar-refractivity contribution in [2.75, 3.05) is 26.7 Å². The molecular weight excluding hydrogens is 642 g/mol. The third kappa shape index (κ3) is 8.07. The van der Waals surface area contributed by atoms with E-state index >= 15 is 0 Å². The molecule has 15 heteroatoms. The van der Waals surface area contributed by atoms with Gasteiger partial charge in [-0.15, -0.1) is 11.6 Å². The molecule has 8 atom stereocenters. The zero-order chi connectivity index (χ0) is 35.6. The smallest absolute Gasteiger partial charge is 0.329 e. The van der Waals surface area contributed by atoms with E-state index in [4.69, 9.17) is 16.3 Å². The number of halogens is 1. The van der Waals surface area contributed by atoms with Crippen molar-refractivity contribution in [3.05, 3.63) is 0 Å². The summed E-state index contributed by atoms with van der Waals surface area (Å²) >= 11 is 6.52. The van der Waals surface area contributed by atoms with Gasteiger partial charge in [0.2, 0.25) is 17.7 Å². The van der Waals surface area contributed by atoms with Crippen molar-refractivity contribution < 1.29 is 33.5 Å². The molecule has 0 unspecified atom stereocenters. The Morgan fingerprint density at radius 3 is 2.12 bits per heavy atom. The van der Waals surface area contributed by atoms with Crippen molar-refractivity contribution in [2.45, 2.75) is 122 Å². The average Bonchev–Trinajstić information content (AvgIpc) is 3.43. The molecule has 0 saturated carbocycles. The van der Waals surface area contributed by atoms with Gasteiger partial charge in [-0.1, -0.05) is 48.5 Å². The topological polar surface area (TPSA) is 161 Å². The minimum absolute atomic E-state index is 0.00165. The lowest BCUT2D eigenvalue weighted by atomic mass is 9.97.